The van der Waals surface area contributed by atoms with Gasteiger partial charge in [-0.3, -0.25) is 19.8 Å². The number of rotatable bonds is 4. The van der Waals surface area contributed by atoms with Gasteiger partial charge in [0.25, 0.3) is 0 Å². The maximum atomic E-state index is 12.0. The minimum absolute atomic E-state index is 0.0409. The van der Waals surface area contributed by atoms with Crippen molar-refractivity contribution in [2.45, 2.75) is 19.8 Å². The first-order chi connectivity index (χ1) is 8.32. The summed E-state index contributed by atoms with van der Waals surface area (Å²) in [6.07, 6.45) is 0.837. The average Bonchev–Trinajstić information content (AvgIpc) is 3.08. The van der Waals surface area contributed by atoms with Crippen LogP contribution in [-0.4, -0.2) is 49.2 Å². The number of nitrogens with zero attached hydrogens (tertiary/aromatic N) is 1. The van der Waals surface area contributed by atoms with Crippen molar-refractivity contribution < 1.29 is 22.8 Å². The Balaban J connectivity index is 2.11. The van der Waals surface area contributed by atoms with Crippen molar-refractivity contribution in [3.8, 4) is 0 Å². The molecule has 1 aliphatic heterocycles. The largest absolute Gasteiger partial charge is 0.330 e. The van der Waals surface area contributed by atoms with Crippen LogP contribution in [0.25, 0.3) is 0 Å². The van der Waals surface area contributed by atoms with Gasteiger partial charge in [-0.15, -0.1) is 0 Å². The van der Waals surface area contributed by atoms with E-state index in [9.17, 15) is 22.8 Å². The van der Waals surface area contributed by atoms with Crippen LogP contribution >= 0.6 is 0 Å². The first kappa shape index (κ1) is 13.0. The molecule has 4 amide bonds. The van der Waals surface area contributed by atoms with Crippen LogP contribution in [0.3, 0.4) is 0 Å². The van der Waals surface area contributed by atoms with Crippen molar-refractivity contribution in [3.63, 3.8) is 0 Å². The lowest BCUT2D eigenvalue weighted by molar-refractivity contribution is -0.144. The normalized spacial score (nSPS) is 22.3. The monoisotopic (exact) mass is 274 g/mol. The van der Waals surface area contributed by atoms with Crippen molar-refractivity contribution in [2.75, 3.05) is 18.1 Å². The number of barbiturate groups is 1. The lowest BCUT2D eigenvalue weighted by Gasteiger charge is -2.29. The SMILES string of the molecule is CCS(=O)(=O)CCN1C(=O)NC(=O)C2(CC2)C1=O. The van der Waals surface area contributed by atoms with Crippen LogP contribution in [0.5, 0.6) is 0 Å². The molecule has 1 N–H and O–H groups in total. The molecular formula is C10H14N2O5S. The van der Waals surface area contributed by atoms with Crippen LogP contribution in [0.2, 0.25) is 0 Å². The van der Waals surface area contributed by atoms with Crippen LogP contribution in [0, 0.1) is 5.41 Å². The fourth-order valence-corrected chi connectivity index (χ4v) is 2.63. The highest BCUT2D eigenvalue weighted by molar-refractivity contribution is 7.91. The van der Waals surface area contributed by atoms with E-state index in [1.165, 1.54) is 6.92 Å². The molecule has 0 radical (unpaired) electrons. The number of nitrogens with one attached hydrogen (secondary N) is 1. The molecule has 2 rings (SSSR count). The zero-order valence-electron chi connectivity index (χ0n) is 9.93. The van der Waals surface area contributed by atoms with E-state index in [0.29, 0.717) is 12.8 Å². The van der Waals surface area contributed by atoms with E-state index < -0.39 is 33.1 Å². The van der Waals surface area contributed by atoms with E-state index in [-0.39, 0.29) is 18.1 Å². The number of carbonyl (C=O) groups is 3. The highest BCUT2D eigenvalue weighted by Crippen LogP contribution is 2.48. The summed E-state index contributed by atoms with van der Waals surface area (Å²) in [6.45, 7) is 1.30. The summed E-state index contributed by atoms with van der Waals surface area (Å²) in [6, 6.07) is -0.825. The lowest BCUT2D eigenvalue weighted by atomic mass is 10.0. The van der Waals surface area contributed by atoms with Gasteiger partial charge in [0.05, 0.1) is 5.75 Å². The maximum Gasteiger partial charge on any atom is 0.330 e. The Morgan fingerprint density at radius 2 is 1.89 bits per heavy atom. The number of carbonyl (C=O) groups excluding carboxylic acids is 3. The molecule has 0 aromatic rings. The molecule has 18 heavy (non-hydrogen) atoms. The molecule has 1 saturated carbocycles. The van der Waals surface area contributed by atoms with Crippen molar-refractivity contribution in [1.82, 2.24) is 10.2 Å². The van der Waals surface area contributed by atoms with Crippen molar-refractivity contribution in [2.24, 2.45) is 5.41 Å². The molecule has 1 heterocycles. The van der Waals surface area contributed by atoms with E-state index in [0.717, 1.165) is 4.90 Å². The Bertz CT molecular complexity index is 520. The predicted octanol–water partition coefficient (Wildman–Crippen LogP) is -0.720. The second kappa shape index (κ2) is 4.04. The van der Waals surface area contributed by atoms with Crippen LogP contribution in [0.1, 0.15) is 19.8 Å². The van der Waals surface area contributed by atoms with Crippen molar-refractivity contribution >= 4 is 27.7 Å². The highest BCUT2D eigenvalue weighted by Gasteiger charge is 2.62. The zero-order valence-corrected chi connectivity index (χ0v) is 10.7. The van der Waals surface area contributed by atoms with Gasteiger partial charge in [0, 0.05) is 12.3 Å². The molecule has 0 atom stereocenters. The summed E-state index contributed by atoms with van der Waals surface area (Å²) in [5.74, 6) is -1.44. The third-order valence-electron chi connectivity index (χ3n) is 3.37. The molecule has 2 fully saturated rings. The van der Waals surface area contributed by atoms with Gasteiger partial charge in [-0.1, -0.05) is 6.92 Å². The topological polar surface area (TPSA) is 101 Å². The van der Waals surface area contributed by atoms with Crippen LogP contribution in [-0.2, 0) is 19.4 Å². The van der Waals surface area contributed by atoms with Crippen LogP contribution in [0.15, 0.2) is 0 Å². The number of amides is 4. The molecule has 1 spiro atoms. The van der Waals surface area contributed by atoms with Gasteiger partial charge in [0.2, 0.25) is 11.8 Å². The molecule has 0 aromatic carbocycles. The van der Waals surface area contributed by atoms with Gasteiger partial charge in [-0.2, -0.15) is 0 Å². The molecule has 0 aromatic heterocycles. The summed E-state index contributed by atoms with van der Waals surface area (Å²) in [4.78, 5) is 35.8. The average molecular weight is 274 g/mol. The fourth-order valence-electron chi connectivity index (χ4n) is 1.88. The lowest BCUT2D eigenvalue weighted by Crippen LogP contribution is -2.59. The number of hydrogen-bond acceptors (Lipinski definition) is 5. The van der Waals surface area contributed by atoms with Gasteiger partial charge in [-0.05, 0) is 12.8 Å². The first-order valence-electron chi connectivity index (χ1n) is 5.70. The zero-order chi connectivity index (χ0) is 13.6. The summed E-state index contributed by atoms with van der Waals surface area (Å²) in [5.41, 5.74) is -1.11. The van der Waals surface area contributed by atoms with E-state index >= 15 is 0 Å². The van der Waals surface area contributed by atoms with Crippen LogP contribution in [0.4, 0.5) is 4.79 Å². The number of hydrogen-bond donors (Lipinski definition) is 1. The third kappa shape index (κ3) is 2.00. The van der Waals surface area contributed by atoms with E-state index in [1.54, 1.807) is 0 Å². The predicted molar refractivity (Wildman–Crippen MR) is 61.2 cm³/mol. The minimum Gasteiger partial charge on any atom is -0.277 e. The molecule has 100 valence electrons. The molecule has 2 aliphatic rings. The highest BCUT2D eigenvalue weighted by atomic mass is 32.2. The van der Waals surface area contributed by atoms with E-state index in [2.05, 4.69) is 5.32 Å². The molecule has 7 nitrogen and oxygen atoms in total. The quantitative estimate of drug-likeness (QED) is 0.682. The van der Waals surface area contributed by atoms with Gasteiger partial charge >= 0.3 is 6.03 Å². The third-order valence-corrected chi connectivity index (χ3v) is 5.05. The number of urea groups is 1. The second-order valence-corrected chi connectivity index (χ2v) is 7.01. The molecule has 1 aliphatic carbocycles. The van der Waals surface area contributed by atoms with Crippen LogP contribution < -0.4 is 5.32 Å². The maximum absolute atomic E-state index is 12.0. The minimum atomic E-state index is -3.25. The Hall–Kier alpha value is -1.44. The van der Waals surface area contributed by atoms with Crippen molar-refractivity contribution in [1.29, 1.82) is 0 Å². The Labute approximate surface area is 104 Å². The molecule has 0 bridgehead atoms. The van der Waals surface area contributed by atoms with E-state index in [1.807, 2.05) is 0 Å². The Morgan fingerprint density at radius 3 is 2.39 bits per heavy atom. The van der Waals surface area contributed by atoms with Crippen molar-refractivity contribution in [3.05, 3.63) is 0 Å². The number of sulfone groups is 1. The summed E-state index contributed by atoms with van der Waals surface area (Å²) >= 11 is 0. The fraction of sp³-hybridized carbons (Fsp3) is 0.700. The Kier molecular flexibility index (Phi) is 2.92. The second-order valence-electron chi connectivity index (χ2n) is 4.53. The summed E-state index contributed by atoms with van der Waals surface area (Å²) in [5, 5.41) is 2.10. The van der Waals surface area contributed by atoms with E-state index in [4.69, 9.17) is 0 Å². The Morgan fingerprint density at radius 1 is 1.28 bits per heavy atom. The standard InChI is InChI=1S/C10H14N2O5S/c1-2-18(16,17)6-5-12-8(14)10(3-4-10)7(13)11-9(12)15/h2-6H2,1H3,(H,11,13,15). The molecule has 1 saturated heterocycles. The molecular weight excluding hydrogens is 260 g/mol. The smallest absolute Gasteiger partial charge is 0.277 e. The van der Waals surface area contributed by atoms with Gasteiger partial charge < -0.3 is 0 Å². The van der Waals surface area contributed by atoms with Gasteiger partial charge in [-0.25, -0.2) is 13.2 Å². The summed E-state index contributed by atoms with van der Waals surface area (Å²) < 4.78 is 22.7. The number of imide groups is 2. The van der Waals surface area contributed by atoms with Gasteiger partial charge in [0.15, 0.2) is 9.84 Å². The van der Waals surface area contributed by atoms with Gasteiger partial charge in [0.1, 0.15) is 5.41 Å². The summed E-state index contributed by atoms with van der Waals surface area (Å²) in [7, 11) is -3.25. The molecule has 8 heteroatoms. The first-order valence-corrected chi connectivity index (χ1v) is 7.52. The molecule has 0 unspecified atom stereocenters.